The largest absolute Gasteiger partial charge is 0.316 e. The van der Waals surface area contributed by atoms with Gasteiger partial charge in [0.15, 0.2) is 0 Å². The van der Waals surface area contributed by atoms with E-state index >= 15 is 0 Å². The minimum atomic E-state index is 0.548. The number of thiazole rings is 1. The van der Waals surface area contributed by atoms with Crippen molar-refractivity contribution in [2.75, 3.05) is 13.1 Å². The van der Waals surface area contributed by atoms with Gasteiger partial charge in [-0.15, -0.1) is 11.3 Å². The van der Waals surface area contributed by atoms with Crippen molar-refractivity contribution in [3.63, 3.8) is 0 Å². The van der Waals surface area contributed by atoms with Crippen LogP contribution in [-0.2, 0) is 6.42 Å². The normalized spacial score (nSPS) is 18.3. The molecule has 3 heteroatoms. The molecule has 1 aliphatic rings. The highest BCUT2D eigenvalue weighted by molar-refractivity contribution is 7.09. The van der Waals surface area contributed by atoms with Crippen molar-refractivity contribution in [3.8, 4) is 0 Å². The Labute approximate surface area is 96.1 Å². The number of nitrogens with one attached hydrogen (secondary N) is 1. The van der Waals surface area contributed by atoms with E-state index in [4.69, 9.17) is 0 Å². The number of aromatic nitrogens is 1. The highest BCUT2D eigenvalue weighted by Crippen LogP contribution is 2.48. The smallest absolute Gasteiger partial charge is 0.0930 e. The Morgan fingerprint density at radius 1 is 1.53 bits per heavy atom. The summed E-state index contributed by atoms with van der Waals surface area (Å²) >= 11 is 1.79. The van der Waals surface area contributed by atoms with Gasteiger partial charge in [-0.1, -0.05) is 13.8 Å². The molecule has 0 aromatic carbocycles. The molecule has 1 aromatic rings. The Bertz CT molecular complexity index is 289. The van der Waals surface area contributed by atoms with Gasteiger partial charge in [-0.05, 0) is 30.7 Å². The zero-order valence-corrected chi connectivity index (χ0v) is 10.4. The Kier molecular flexibility index (Phi) is 3.42. The van der Waals surface area contributed by atoms with Crippen molar-refractivity contribution >= 4 is 11.3 Å². The second kappa shape index (κ2) is 4.62. The molecule has 2 nitrogen and oxygen atoms in total. The van der Waals surface area contributed by atoms with Gasteiger partial charge in [-0.3, -0.25) is 0 Å². The average molecular weight is 224 g/mol. The zero-order chi connectivity index (χ0) is 10.7. The van der Waals surface area contributed by atoms with Crippen molar-refractivity contribution in [1.29, 1.82) is 0 Å². The van der Waals surface area contributed by atoms with Crippen LogP contribution < -0.4 is 5.32 Å². The topological polar surface area (TPSA) is 24.9 Å². The molecule has 1 heterocycles. The monoisotopic (exact) mass is 224 g/mol. The van der Waals surface area contributed by atoms with Gasteiger partial charge in [0.2, 0.25) is 0 Å². The third-order valence-corrected chi connectivity index (χ3v) is 3.80. The van der Waals surface area contributed by atoms with Crippen molar-refractivity contribution in [2.45, 2.75) is 33.1 Å². The maximum absolute atomic E-state index is 4.38. The molecule has 15 heavy (non-hydrogen) atoms. The lowest BCUT2D eigenvalue weighted by Crippen LogP contribution is -2.28. The third-order valence-electron chi connectivity index (χ3n) is 3.02. The van der Waals surface area contributed by atoms with Crippen molar-refractivity contribution in [1.82, 2.24) is 10.3 Å². The Hall–Kier alpha value is -0.410. The number of hydrogen-bond donors (Lipinski definition) is 1. The molecule has 84 valence electrons. The quantitative estimate of drug-likeness (QED) is 0.803. The predicted molar refractivity (Wildman–Crippen MR) is 65.2 cm³/mol. The van der Waals surface area contributed by atoms with E-state index in [1.54, 1.807) is 11.3 Å². The van der Waals surface area contributed by atoms with Gasteiger partial charge < -0.3 is 5.32 Å². The first kappa shape index (κ1) is 11.1. The molecule has 0 bridgehead atoms. The first-order chi connectivity index (χ1) is 7.20. The number of hydrogen-bond acceptors (Lipinski definition) is 3. The Balaban J connectivity index is 1.76. The standard InChI is InChI=1S/C12H20N2S/c1-10(2)8-13-9-12(3-4-12)7-11-14-5-6-15-11/h5-6,10,13H,3-4,7-9H2,1-2H3. The number of nitrogens with zero attached hydrogens (tertiary/aromatic N) is 1. The van der Waals surface area contributed by atoms with Crippen molar-refractivity contribution in [3.05, 3.63) is 16.6 Å². The first-order valence-corrected chi connectivity index (χ1v) is 6.67. The van der Waals surface area contributed by atoms with Crippen LogP contribution in [0.4, 0.5) is 0 Å². The fourth-order valence-electron chi connectivity index (χ4n) is 1.88. The fraction of sp³-hybridized carbons (Fsp3) is 0.750. The van der Waals surface area contributed by atoms with Crippen LogP contribution in [0.5, 0.6) is 0 Å². The molecular weight excluding hydrogens is 204 g/mol. The van der Waals surface area contributed by atoms with E-state index in [0.29, 0.717) is 5.41 Å². The van der Waals surface area contributed by atoms with Gasteiger partial charge in [0, 0.05) is 24.5 Å². The maximum atomic E-state index is 4.38. The van der Waals surface area contributed by atoms with Crippen LogP contribution in [0.2, 0.25) is 0 Å². The summed E-state index contributed by atoms with van der Waals surface area (Å²) in [5.41, 5.74) is 0.548. The van der Waals surface area contributed by atoms with E-state index in [-0.39, 0.29) is 0 Å². The molecule has 0 spiro atoms. The van der Waals surface area contributed by atoms with Crippen molar-refractivity contribution in [2.24, 2.45) is 11.3 Å². The van der Waals surface area contributed by atoms with E-state index in [1.165, 1.54) is 30.8 Å². The summed E-state index contributed by atoms with van der Waals surface area (Å²) in [6.07, 6.45) is 5.84. The fourth-order valence-corrected chi connectivity index (χ4v) is 2.67. The van der Waals surface area contributed by atoms with E-state index in [2.05, 4.69) is 29.5 Å². The van der Waals surface area contributed by atoms with E-state index in [1.807, 2.05) is 6.20 Å². The van der Waals surface area contributed by atoms with Gasteiger partial charge in [0.25, 0.3) is 0 Å². The van der Waals surface area contributed by atoms with E-state index < -0.39 is 0 Å². The highest BCUT2D eigenvalue weighted by Gasteiger charge is 2.42. The highest BCUT2D eigenvalue weighted by atomic mass is 32.1. The Morgan fingerprint density at radius 2 is 2.33 bits per heavy atom. The van der Waals surface area contributed by atoms with Gasteiger partial charge in [0.05, 0.1) is 5.01 Å². The van der Waals surface area contributed by atoms with Gasteiger partial charge in [0.1, 0.15) is 0 Å². The summed E-state index contributed by atoms with van der Waals surface area (Å²) in [6.45, 7) is 6.82. The van der Waals surface area contributed by atoms with Crippen molar-refractivity contribution < 1.29 is 0 Å². The second-order valence-electron chi connectivity index (χ2n) is 5.13. The van der Waals surface area contributed by atoms with Crippen LogP contribution in [0.3, 0.4) is 0 Å². The summed E-state index contributed by atoms with van der Waals surface area (Å²) in [5, 5.41) is 6.96. The lowest BCUT2D eigenvalue weighted by atomic mass is 10.0. The summed E-state index contributed by atoms with van der Waals surface area (Å²) < 4.78 is 0. The summed E-state index contributed by atoms with van der Waals surface area (Å²) in [6, 6.07) is 0. The summed E-state index contributed by atoms with van der Waals surface area (Å²) in [7, 11) is 0. The van der Waals surface area contributed by atoms with Crippen LogP contribution in [-0.4, -0.2) is 18.1 Å². The summed E-state index contributed by atoms with van der Waals surface area (Å²) in [5.74, 6) is 0.751. The van der Waals surface area contributed by atoms with Crippen LogP contribution in [0.1, 0.15) is 31.7 Å². The average Bonchev–Trinajstić information content (AvgIpc) is 2.74. The zero-order valence-electron chi connectivity index (χ0n) is 9.62. The van der Waals surface area contributed by atoms with E-state index in [9.17, 15) is 0 Å². The van der Waals surface area contributed by atoms with Gasteiger partial charge in [-0.25, -0.2) is 4.98 Å². The van der Waals surface area contributed by atoms with Crippen LogP contribution >= 0.6 is 11.3 Å². The predicted octanol–water partition coefficient (Wildman–Crippen LogP) is 2.71. The molecule has 1 aliphatic carbocycles. The first-order valence-electron chi connectivity index (χ1n) is 5.79. The second-order valence-corrected chi connectivity index (χ2v) is 6.11. The minimum Gasteiger partial charge on any atom is -0.316 e. The molecule has 1 aromatic heterocycles. The SMILES string of the molecule is CC(C)CNCC1(Cc2nccs2)CC1. The molecule has 0 atom stereocenters. The van der Waals surface area contributed by atoms with Crippen LogP contribution in [0.25, 0.3) is 0 Å². The van der Waals surface area contributed by atoms with E-state index in [0.717, 1.165) is 12.5 Å². The molecule has 0 radical (unpaired) electrons. The molecular formula is C12H20N2S. The maximum Gasteiger partial charge on any atom is 0.0930 e. The van der Waals surface area contributed by atoms with Crippen LogP contribution in [0.15, 0.2) is 11.6 Å². The molecule has 1 N–H and O–H groups in total. The molecule has 1 saturated carbocycles. The lowest BCUT2D eigenvalue weighted by molar-refractivity contribution is 0.431. The number of rotatable bonds is 6. The molecule has 1 fully saturated rings. The van der Waals surface area contributed by atoms with Gasteiger partial charge >= 0.3 is 0 Å². The molecule has 0 amide bonds. The lowest BCUT2D eigenvalue weighted by Gasteiger charge is -2.15. The third kappa shape index (κ3) is 3.28. The Morgan fingerprint density at radius 3 is 2.87 bits per heavy atom. The molecule has 0 aliphatic heterocycles. The van der Waals surface area contributed by atoms with Crippen LogP contribution in [0, 0.1) is 11.3 Å². The minimum absolute atomic E-state index is 0.548. The summed E-state index contributed by atoms with van der Waals surface area (Å²) in [4.78, 5) is 4.38. The molecule has 0 unspecified atom stereocenters. The van der Waals surface area contributed by atoms with Gasteiger partial charge in [-0.2, -0.15) is 0 Å². The molecule has 2 rings (SSSR count). The molecule has 0 saturated heterocycles.